The summed E-state index contributed by atoms with van der Waals surface area (Å²) in [6.07, 6.45) is 0. The van der Waals surface area contributed by atoms with Gasteiger partial charge in [0.1, 0.15) is 5.25 Å². The summed E-state index contributed by atoms with van der Waals surface area (Å²) in [5.41, 5.74) is 1.48. The van der Waals surface area contributed by atoms with Gasteiger partial charge in [0.25, 0.3) is 0 Å². The van der Waals surface area contributed by atoms with E-state index in [0.29, 0.717) is 10.7 Å². The first-order valence-electron chi connectivity index (χ1n) is 8.72. The van der Waals surface area contributed by atoms with Gasteiger partial charge in [-0.15, -0.1) is 0 Å². The van der Waals surface area contributed by atoms with Gasteiger partial charge in [-0.2, -0.15) is 0 Å². The molecule has 3 aromatic rings. The van der Waals surface area contributed by atoms with Gasteiger partial charge in [0.2, 0.25) is 11.8 Å². The largest absolute Gasteiger partial charge is 0.307 e. The lowest BCUT2D eigenvalue weighted by molar-refractivity contribution is -0.122. The predicted molar refractivity (Wildman–Crippen MR) is 121 cm³/mol. The van der Waals surface area contributed by atoms with Crippen molar-refractivity contribution in [2.24, 2.45) is 5.92 Å². The number of anilines is 1. The van der Waals surface area contributed by atoms with Crippen LogP contribution >= 0.6 is 55.0 Å². The Bertz CT molecular complexity index is 1190. The maximum atomic E-state index is 13.5. The average molecular weight is 552 g/mol. The van der Waals surface area contributed by atoms with Gasteiger partial charge in [-0.05, 0) is 42.0 Å². The molecule has 2 amide bonds. The molecule has 2 aliphatic heterocycles. The van der Waals surface area contributed by atoms with Crippen LogP contribution in [-0.2, 0) is 9.59 Å². The van der Waals surface area contributed by atoms with Crippen LogP contribution in [0.3, 0.4) is 0 Å². The van der Waals surface area contributed by atoms with E-state index in [9.17, 15) is 14.4 Å². The maximum absolute atomic E-state index is 13.5. The van der Waals surface area contributed by atoms with Crippen molar-refractivity contribution in [2.75, 3.05) is 4.90 Å². The van der Waals surface area contributed by atoms with Crippen molar-refractivity contribution in [1.29, 1.82) is 0 Å². The van der Waals surface area contributed by atoms with E-state index >= 15 is 0 Å². The molecule has 1 fully saturated rings. The minimum Gasteiger partial charge on any atom is -0.307 e. The molecule has 2 aromatic carbocycles. The molecule has 3 atom stereocenters. The quantitative estimate of drug-likeness (QED) is 0.466. The summed E-state index contributed by atoms with van der Waals surface area (Å²) < 4.78 is 1.80. The lowest BCUT2D eigenvalue weighted by Crippen LogP contribution is -2.32. The SMILES string of the molecule is O=C1C2Sc3[nH]c(=O)sc3C(c3ccc(Br)cc3)C2C(=O)N1c1ccc(Br)cc1. The van der Waals surface area contributed by atoms with E-state index in [1.165, 1.54) is 16.7 Å². The summed E-state index contributed by atoms with van der Waals surface area (Å²) in [4.78, 5) is 43.6. The number of aromatic amines is 1. The number of hydrogen-bond acceptors (Lipinski definition) is 5. The summed E-state index contributed by atoms with van der Waals surface area (Å²) in [6.45, 7) is 0. The van der Waals surface area contributed by atoms with Gasteiger partial charge in [-0.25, -0.2) is 4.90 Å². The Balaban J connectivity index is 1.64. The number of carbonyl (C=O) groups is 2. The molecule has 0 radical (unpaired) electrons. The molecular weight excluding hydrogens is 540 g/mol. The number of halogens is 2. The molecule has 3 unspecified atom stereocenters. The summed E-state index contributed by atoms with van der Waals surface area (Å²) in [5, 5.41) is 0.116. The summed E-state index contributed by atoms with van der Waals surface area (Å²) in [6, 6.07) is 14.8. The summed E-state index contributed by atoms with van der Waals surface area (Å²) in [5.74, 6) is -1.37. The monoisotopic (exact) mass is 550 g/mol. The molecule has 3 heterocycles. The number of hydrogen-bond donors (Lipinski definition) is 1. The van der Waals surface area contributed by atoms with Gasteiger partial charge in [-0.1, -0.05) is 67.1 Å². The first-order valence-corrected chi connectivity index (χ1v) is 12.0. The highest BCUT2D eigenvalue weighted by Gasteiger charge is 2.56. The van der Waals surface area contributed by atoms with Crippen molar-refractivity contribution in [3.63, 3.8) is 0 Å². The van der Waals surface area contributed by atoms with E-state index in [4.69, 9.17) is 0 Å². The molecule has 9 heteroatoms. The lowest BCUT2D eigenvalue weighted by atomic mass is 9.83. The molecule has 0 aliphatic carbocycles. The second-order valence-electron chi connectivity index (χ2n) is 6.79. The van der Waals surface area contributed by atoms with Crippen LogP contribution in [0, 0.1) is 5.92 Å². The molecule has 1 saturated heterocycles. The van der Waals surface area contributed by atoms with Crippen LogP contribution in [0.5, 0.6) is 0 Å². The predicted octanol–water partition coefficient (Wildman–Crippen LogP) is 4.76. The van der Waals surface area contributed by atoms with Crippen LogP contribution in [0.2, 0.25) is 0 Å². The second-order valence-corrected chi connectivity index (χ2v) is 10.8. The number of benzene rings is 2. The number of H-pyrrole nitrogens is 1. The van der Waals surface area contributed by atoms with Crippen LogP contribution in [0.1, 0.15) is 16.4 Å². The zero-order valence-electron chi connectivity index (χ0n) is 14.6. The maximum Gasteiger partial charge on any atom is 0.305 e. The van der Waals surface area contributed by atoms with Crippen molar-refractivity contribution in [3.05, 3.63) is 77.6 Å². The molecule has 2 aliphatic rings. The second kappa shape index (κ2) is 7.23. The van der Waals surface area contributed by atoms with E-state index in [2.05, 4.69) is 36.8 Å². The van der Waals surface area contributed by atoms with Gasteiger partial charge in [-0.3, -0.25) is 14.4 Å². The summed E-state index contributed by atoms with van der Waals surface area (Å²) >= 11 is 9.23. The first-order chi connectivity index (χ1) is 13.9. The lowest BCUT2D eigenvalue weighted by Gasteiger charge is -2.29. The Kier molecular flexibility index (Phi) is 4.81. The number of thiazole rings is 1. The van der Waals surface area contributed by atoms with E-state index in [-0.39, 0.29) is 22.6 Å². The highest BCUT2D eigenvalue weighted by Crippen LogP contribution is 2.53. The number of carbonyl (C=O) groups excluding carboxylic acids is 2. The Morgan fingerprint density at radius 2 is 1.48 bits per heavy atom. The molecule has 0 saturated carbocycles. The topological polar surface area (TPSA) is 70.2 Å². The minimum absolute atomic E-state index is 0.172. The van der Waals surface area contributed by atoms with Crippen LogP contribution in [0.25, 0.3) is 0 Å². The van der Waals surface area contributed by atoms with Crippen LogP contribution < -0.4 is 9.77 Å². The Hall–Kier alpha value is -1.68. The van der Waals surface area contributed by atoms with Crippen LogP contribution in [0.4, 0.5) is 5.69 Å². The number of thioether (sulfide) groups is 1. The van der Waals surface area contributed by atoms with Crippen molar-refractivity contribution in [2.45, 2.75) is 16.2 Å². The van der Waals surface area contributed by atoms with Crippen molar-refractivity contribution >= 4 is 72.5 Å². The Morgan fingerprint density at radius 1 is 0.862 bits per heavy atom. The fourth-order valence-corrected chi connectivity index (χ4v) is 6.93. The van der Waals surface area contributed by atoms with Gasteiger partial charge >= 0.3 is 4.87 Å². The zero-order chi connectivity index (χ0) is 20.3. The van der Waals surface area contributed by atoms with Gasteiger partial charge < -0.3 is 4.98 Å². The van der Waals surface area contributed by atoms with Crippen LogP contribution in [-0.4, -0.2) is 22.0 Å². The van der Waals surface area contributed by atoms with E-state index in [0.717, 1.165) is 30.7 Å². The normalized spacial score (nSPS) is 23.2. The Morgan fingerprint density at radius 3 is 2.14 bits per heavy atom. The number of aromatic nitrogens is 1. The van der Waals surface area contributed by atoms with E-state index in [1.807, 2.05) is 36.4 Å². The van der Waals surface area contributed by atoms with Gasteiger partial charge in [0.15, 0.2) is 0 Å². The number of fused-ring (bicyclic) bond motifs is 2. The number of nitrogens with zero attached hydrogens (tertiary/aromatic N) is 1. The molecule has 0 spiro atoms. The smallest absolute Gasteiger partial charge is 0.305 e. The number of rotatable bonds is 2. The molecule has 29 heavy (non-hydrogen) atoms. The third-order valence-corrected chi connectivity index (χ3v) is 8.60. The number of imide groups is 1. The average Bonchev–Trinajstić information content (AvgIpc) is 3.19. The number of amides is 2. The van der Waals surface area contributed by atoms with Crippen LogP contribution in [0.15, 0.2) is 67.3 Å². The minimum atomic E-state index is -0.572. The van der Waals surface area contributed by atoms with Crippen molar-refractivity contribution in [1.82, 2.24) is 4.98 Å². The van der Waals surface area contributed by atoms with Gasteiger partial charge in [0.05, 0.1) is 16.6 Å². The third-order valence-electron chi connectivity index (χ3n) is 5.14. The fourth-order valence-electron chi connectivity index (χ4n) is 3.89. The summed E-state index contributed by atoms with van der Waals surface area (Å²) in [7, 11) is 0. The molecule has 1 N–H and O–H groups in total. The zero-order valence-corrected chi connectivity index (χ0v) is 19.4. The van der Waals surface area contributed by atoms with Crippen molar-refractivity contribution < 1.29 is 9.59 Å². The third kappa shape index (κ3) is 3.15. The first kappa shape index (κ1) is 19.3. The Labute approximate surface area is 190 Å². The van der Waals surface area contributed by atoms with Gasteiger partial charge in [0, 0.05) is 19.7 Å². The highest BCUT2D eigenvalue weighted by molar-refractivity contribution is 9.10. The molecule has 5 nitrogen and oxygen atoms in total. The molecule has 5 rings (SSSR count). The fraction of sp³-hybridized carbons (Fsp3) is 0.150. The number of nitrogens with one attached hydrogen (secondary N) is 1. The van der Waals surface area contributed by atoms with E-state index in [1.54, 1.807) is 12.1 Å². The molecule has 1 aromatic heterocycles. The van der Waals surface area contributed by atoms with Crippen molar-refractivity contribution in [3.8, 4) is 0 Å². The molecule has 0 bridgehead atoms. The highest BCUT2D eigenvalue weighted by atomic mass is 79.9. The standard InChI is InChI=1S/C20H12Br2N2O3S2/c21-10-3-1-9(2-4-10)13-14-16(28-17-15(13)29-20(27)23-17)19(26)24(18(14)25)12-7-5-11(22)6-8-12/h1-8,13-14,16H,(H,23,27). The molecular formula is C20H12Br2N2O3S2. The molecule has 146 valence electrons. The van der Waals surface area contributed by atoms with E-state index < -0.39 is 11.2 Å².